The Hall–Kier alpha value is -1.17. The van der Waals surface area contributed by atoms with E-state index in [1.54, 1.807) is 0 Å². The maximum Gasteiger partial charge on any atom is 0.300 e. The van der Waals surface area contributed by atoms with Crippen LogP contribution in [0.4, 0.5) is 4.39 Å². The van der Waals surface area contributed by atoms with Crippen LogP contribution in [0.25, 0.3) is 0 Å². The van der Waals surface area contributed by atoms with Crippen LogP contribution in [0.15, 0.2) is 0 Å². The van der Waals surface area contributed by atoms with Crippen LogP contribution in [0.1, 0.15) is 34.1 Å². The van der Waals surface area contributed by atoms with Gasteiger partial charge in [-0.05, 0) is 26.8 Å². The Bertz CT molecular complexity index is 157. The first-order valence-electron chi connectivity index (χ1n) is 4.31. The molecule has 0 radical (unpaired) electrons. The van der Waals surface area contributed by atoms with E-state index >= 15 is 0 Å². The molecule has 0 aliphatic heterocycles. The number of aliphatic carboxylic acids is 2. The van der Waals surface area contributed by atoms with Crippen molar-refractivity contribution >= 4 is 11.9 Å². The molecule has 0 saturated carbocycles. The topological polar surface area (TPSA) is 101 Å². The van der Waals surface area contributed by atoms with Crippen molar-refractivity contribution in [3.63, 3.8) is 0 Å². The molecule has 92 valence electrons. The zero-order valence-electron chi connectivity index (χ0n) is 9.58. The van der Waals surface area contributed by atoms with Crippen molar-refractivity contribution in [1.82, 2.24) is 0 Å². The third-order valence-corrected chi connectivity index (χ3v) is 0.739. The highest BCUT2D eigenvalue weighted by Crippen LogP contribution is 2.10. The van der Waals surface area contributed by atoms with Gasteiger partial charge in [0.15, 0.2) is 0 Å². The van der Waals surface area contributed by atoms with Crippen LogP contribution in [0, 0.1) is 0 Å². The van der Waals surface area contributed by atoms with Gasteiger partial charge in [-0.25, -0.2) is 4.39 Å². The minimum atomic E-state index is -1.07. The van der Waals surface area contributed by atoms with Crippen LogP contribution in [-0.2, 0) is 9.59 Å². The summed E-state index contributed by atoms with van der Waals surface area (Å²) in [5.74, 6) is -1.67. The van der Waals surface area contributed by atoms with E-state index in [4.69, 9.17) is 25.5 Å². The summed E-state index contributed by atoms with van der Waals surface area (Å²) in [7, 11) is 0. The van der Waals surface area contributed by atoms with Gasteiger partial charge in [0.05, 0.1) is 0 Å². The zero-order chi connectivity index (χ0) is 13.1. The molecule has 0 atom stereocenters. The summed E-state index contributed by atoms with van der Waals surface area (Å²) in [6, 6.07) is 0. The highest BCUT2D eigenvalue weighted by molar-refractivity contribution is 5.63. The Morgan fingerprint density at radius 1 is 1.20 bits per heavy atom. The number of nitrogens with two attached hydrogens (primary N) is 1. The molecule has 0 aliphatic rings. The number of carboxylic acids is 2. The first-order chi connectivity index (χ1) is 6.52. The Balaban J connectivity index is -0.000000155. The average Bonchev–Trinajstić information content (AvgIpc) is 1.79. The summed E-state index contributed by atoms with van der Waals surface area (Å²) in [6.07, 6.45) is 0.451. The molecule has 0 spiro atoms. The van der Waals surface area contributed by atoms with Gasteiger partial charge in [-0.15, -0.1) is 0 Å². The van der Waals surface area contributed by atoms with Gasteiger partial charge in [0, 0.05) is 13.8 Å². The molecular formula is C9H20FNO4. The van der Waals surface area contributed by atoms with Crippen molar-refractivity contribution in [2.24, 2.45) is 5.73 Å². The third-order valence-electron chi connectivity index (χ3n) is 0.739. The molecule has 0 rings (SSSR count). The van der Waals surface area contributed by atoms with Crippen molar-refractivity contribution < 1.29 is 24.2 Å². The smallest absolute Gasteiger partial charge is 0.300 e. The van der Waals surface area contributed by atoms with Crippen molar-refractivity contribution in [3.8, 4) is 0 Å². The number of hydrogen-bond donors (Lipinski definition) is 3. The maximum atomic E-state index is 12.3. The molecule has 0 amide bonds. The first kappa shape index (κ1) is 19.4. The SMILES string of the molecule is CC(=O)O.CC(=O)O.CC(C)(F)CCN. The zero-order valence-corrected chi connectivity index (χ0v) is 9.58. The molecule has 0 aliphatic carbocycles. The lowest BCUT2D eigenvalue weighted by atomic mass is 10.1. The number of carbonyl (C=O) groups is 2. The Morgan fingerprint density at radius 2 is 1.40 bits per heavy atom. The van der Waals surface area contributed by atoms with E-state index < -0.39 is 17.6 Å². The van der Waals surface area contributed by atoms with E-state index in [1.807, 2.05) is 0 Å². The second kappa shape index (κ2) is 10.9. The molecule has 0 bridgehead atoms. The summed E-state index contributed by atoms with van der Waals surface area (Å²) in [5, 5.41) is 14.8. The summed E-state index contributed by atoms with van der Waals surface area (Å²) < 4.78 is 12.3. The molecule has 6 heteroatoms. The van der Waals surface area contributed by atoms with Crippen LogP contribution in [0.5, 0.6) is 0 Å². The fourth-order valence-corrected chi connectivity index (χ4v) is 0.343. The predicted molar refractivity (Wildman–Crippen MR) is 55.5 cm³/mol. The van der Waals surface area contributed by atoms with Crippen LogP contribution in [0.3, 0.4) is 0 Å². The van der Waals surface area contributed by atoms with Crippen LogP contribution in [0.2, 0.25) is 0 Å². The monoisotopic (exact) mass is 225 g/mol. The Labute approximate surface area is 89.1 Å². The number of rotatable bonds is 2. The van der Waals surface area contributed by atoms with Gasteiger partial charge < -0.3 is 15.9 Å². The maximum absolute atomic E-state index is 12.3. The van der Waals surface area contributed by atoms with E-state index in [9.17, 15) is 4.39 Å². The van der Waals surface area contributed by atoms with E-state index in [-0.39, 0.29) is 0 Å². The van der Waals surface area contributed by atoms with Crippen LogP contribution < -0.4 is 5.73 Å². The van der Waals surface area contributed by atoms with Gasteiger partial charge in [-0.3, -0.25) is 9.59 Å². The second-order valence-electron chi connectivity index (χ2n) is 3.30. The second-order valence-corrected chi connectivity index (χ2v) is 3.30. The molecule has 0 unspecified atom stereocenters. The van der Waals surface area contributed by atoms with E-state index in [1.165, 1.54) is 13.8 Å². The predicted octanol–water partition coefficient (Wildman–Crippen LogP) is 1.27. The molecule has 15 heavy (non-hydrogen) atoms. The highest BCUT2D eigenvalue weighted by Gasteiger charge is 2.12. The lowest BCUT2D eigenvalue weighted by Gasteiger charge is -2.10. The highest BCUT2D eigenvalue weighted by atomic mass is 19.1. The molecule has 0 fully saturated rings. The van der Waals surface area contributed by atoms with Gasteiger partial charge >= 0.3 is 0 Å². The number of alkyl halides is 1. The lowest BCUT2D eigenvalue weighted by molar-refractivity contribution is -0.135. The average molecular weight is 225 g/mol. The Morgan fingerprint density at radius 3 is 1.40 bits per heavy atom. The summed E-state index contributed by atoms with van der Waals surface area (Å²) in [6.45, 7) is 5.66. The number of carboxylic acid groups (broad SMARTS) is 2. The minimum Gasteiger partial charge on any atom is -0.481 e. The number of halogens is 1. The first-order valence-corrected chi connectivity index (χ1v) is 4.31. The summed E-state index contributed by atoms with van der Waals surface area (Å²) in [4.78, 5) is 18.0. The van der Waals surface area contributed by atoms with Crippen molar-refractivity contribution in [1.29, 1.82) is 0 Å². The largest absolute Gasteiger partial charge is 0.481 e. The van der Waals surface area contributed by atoms with Crippen LogP contribution in [-0.4, -0.2) is 34.4 Å². The molecule has 0 aromatic carbocycles. The van der Waals surface area contributed by atoms with Gasteiger partial charge in [0.25, 0.3) is 11.9 Å². The summed E-state index contributed by atoms with van der Waals surface area (Å²) >= 11 is 0. The molecule has 4 N–H and O–H groups in total. The van der Waals surface area contributed by atoms with Gasteiger partial charge in [-0.2, -0.15) is 0 Å². The Kier molecular flexibility index (Phi) is 14.1. The van der Waals surface area contributed by atoms with E-state index in [0.29, 0.717) is 13.0 Å². The van der Waals surface area contributed by atoms with Crippen LogP contribution >= 0.6 is 0 Å². The normalized spacial score (nSPS) is 8.93. The molecule has 0 aromatic heterocycles. The minimum absolute atomic E-state index is 0.434. The fourth-order valence-electron chi connectivity index (χ4n) is 0.343. The third kappa shape index (κ3) is 188. The van der Waals surface area contributed by atoms with Gasteiger partial charge in [0.2, 0.25) is 0 Å². The molecule has 0 aromatic rings. The quantitative estimate of drug-likeness (QED) is 0.657. The van der Waals surface area contributed by atoms with Crippen molar-refractivity contribution in [2.75, 3.05) is 6.54 Å². The standard InChI is InChI=1S/C5H12FN.2C2H4O2/c1-5(2,6)3-4-7;2*1-2(3)4/h3-4,7H2,1-2H3;2*1H3,(H,3,4). The van der Waals surface area contributed by atoms with Gasteiger partial charge in [-0.1, -0.05) is 0 Å². The molecule has 5 nitrogen and oxygen atoms in total. The molecular weight excluding hydrogens is 205 g/mol. The summed E-state index contributed by atoms with van der Waals surface area (Å²) in [5.41, 5.74) is 4.00. The number of hydrogen-bond acceptors (Lipinski definition) is 3. The fraction of sp³-hybridized carbons (Fsp3) is 0.778. The lowest BCUT2D eigenvalue weighted by Crippen LogP contribution is -2.17. The molecule has 0 saturated heterocycles. The van der Waals surface area contributed by atoms with E-state index in [2.05, 4.69) is 0 Å². The molecule has 0 heterocycles. The van der Waals surface area contributed by atoms with Gasteiger partial charge in [0.1, 0.15) is 5.67 Å². The van der Waals surface area contributed by atoms with Crippen molar-refractivity contribution in [3.05, 3.63) is 0 Å². The van der Waals surface area contributed by atoms with E-state index in [0.717, 1.165) is 13.8 Å². The van der Waals surface area contributed by atoms with Crippen molar-refractivity contribution in [2.45, 2.75) is 39.8 Å².